The topological polar surface area (TPSA) is 67.9 Å². The molecule has 0 bridgehead atoms. The number of carbonyl (C=O) groups excluding carboxylic acids is 2. The zero-order valence-electron chi connectivity index (χ0n) is 22.4. The summed E-state index contributed by atoms with van der Waals surface area (Å²) < 4.78 is 10.9. The van der Waals surface area contributed by atoms with Crippen molar-refractivity contribution in [3.63, 3.8) is 0 Å². The SMILES string of the molecule is COc1ccc(OC)c(CCNC(=O)C2(Cc3ccccc3)CCN(C(=O)CCc3ccccc3)CC2)c1. The van der Waals surface area contributed by atoms with E-state index in [1.807, 2.05) is 59.5 Å². The summed E-state index contributed by atoms with van der Waals surface area (Å²) in [5.41, 5.74) is 2.75. The third kappa shape index (κ3) is 6.94. The number of hydrogen-bond donors (Lipinski definition) is 1. The van der Waals surface area contributed by atoms with Gasteiger partial charge in [0.05, 0.1) is 19.6 Å². The highest BCUT2D eigenvalue weighted by molar-refractivity contribution is 5.84. The van der Waals surface area contributed by atoms with Crippen molar-refractivity contribution in [2.75, 3.05) is 33.9 Å². The summed E-state index contributed by atoms with van der Waals surface area (Å²) in [6.45, 7) is 1.69. The Hall–Kier alpha value is -3.80. The predicted molar refractivity (Wildman–Crippen MR) is 149 cm³/mol. The van der Waals surface area contributed by atoms with Crippen molar-refractivity contribution >= 4 is 11.8 Å². The minimum absolute atomic E-state index is 0.0552. The van der Waals surface area contributed by atoms with Gasteiger partial charge in [-0.05, 0) is 67.0 Å². The summed E-state index contributed by atoms with van der Waals surface area (Å²) >= 11 is 0. The number of carbonyl (C=O) groups is 2. The van der Waals surface area contributed by atoms with Crippen molar-refractivity contribution in [1.82, 2.24) is 10.2 Å². The second-order valence-electron chi connectivity index (χ2n) is 9.99. The number of amides is 2. The number of hydrogen-bond acceptors (Lipinski definition) is 4. The van der Waals surface area contributed by atoms with E-state index < -0.39 is 5.41 Å². The van der Waals surface area contributed by atoms with Gasteiger partial charge in [-0.25, -0.2) is 0 Å². The first-order valence-electron chi connectivity index (χ1n) is 13.4. The first-order chi connectivity index (χ1) is 18.5. The highest BCUT2D eigenvalue weighted by atomic mass is 16.5. The van der Waals surface area contributed by atoms with Crippen molar-refractivity contribution in [2.45, 2.75) is 38.5 Å². The molecule has 200 valence electrons. The fourth-order valence-electron chi connectivity index (χ4n) is 5.28. The largest absolute Gasteiger partial charge is 0.497 e. The number of ether oxygens (including phenoxy) is 2. The summed E-state index contributed by atoms with van der Waals surface area (Å²) in [6, 6.07) is 26.0. The minimum atomic E-state index is -0.546. The first-order valence-corrected chi connectivity index (χ1v) is 13.4. The molecule has 1 fully saturated rings. The molecule has 3 aromatic carbocycles. The molecule has 0 unspecified atom stereocenters. The van der Waals surface area contributed by atoms with Crippen molar-refractivity contribution in [3.05, 3.63) is 95.6 Å². The number of aryl methyl sites for hydroxylation is 1. The Morgan fingerprint density at radius 2 is 1.50 bits per heavy atom. The lowest BCUT2D eigenvalue weighted by Gasteiger charge is -2.41. The van der Waals surface area contributed by atoms with Crippen LogP contribution in [-0.2, 0) is 28.9 Å². The molecule has 38 heavy (non-hydrogen) atoms. The molecule has 0 aliphatic carbocycles. The van der Waals surface area contributed by atoms with E-state index in [0.717, 1.165) is 29.0 Å². The predicted octanol–water partition coefficient (Wildman–Crippen LogP) is 4.85. The van der Waals surface area contributed by atoms with Gasteiger partial charge in [0.1, 0.15) is 11.5 Å². The summed E-state index contributed by atoms with van der Waals surface area (Å²) in [6.07, 6.45) is 3.82. The lowest BCUT2D eigenvalue weighted by Crippen LogP contribution is -2.51. The Bertz CT molecular complexity index is 1190. The summed E-state index contributed by atoms with van der Waals surface area (Å²) in [4.78, 5) is 28.6. The number of nitrogens with one attached hydrogen (secondary N) is 1. The van der Waals surface area contributed by atoms with E-state index in [1.54, 1.807) is 14.2 Å². The molecule has 0 saturated carbocycles. The van der Waals surface area contributed by atoms with E-state index in [4.69, 9.17) is 9.47 Å². The zero-order valence-corrected chi connectivity index (χ0v) is 22.4. The second-order valence-corrected chi connectivity index (χ2v) is 9.99. The average molecular weight is 515 g/mol. The van der Waals surface area contributed by atoms with E-state index in [9.17, 15) is 9.59 Å². The highest BCUT2D eigenvalue weighted by Gasteiger charge is 2.42. The molecule has 0 aromatic heterocycles. The molecule has 0 atom stereocenters. The number of piperidine rings is 1. The second kappa shape index (κ2) is 13.1. The Balaban J connectivity index is 1.39. The molecule has 3 aromatic rings. The van der Waals surface area contributed by atoms with E-state index in [0.29, 0.717) is 51.7 Å². The lowest BCUT2D eigenvalue weighted by molar-refractivity contribution is -0.140. The van der Waals surface area contributed by atoms with E-state index >= 15 is 0 Å². The molecular weight excluding hydrogens is 476 g/mol. The van der Waals surface area contributed by atoms with Gasteiger partial charge in [-0.15, -0.1) is 0 Å². The molecule has 1 saturated heterocycles. The van der Waals surface area contributed by atoms with Crippen LogP contribution in [0.4, 0.5) is 0 Å². The quantitative estimate of drug-likeness (QED) is 0.397. The fraction of sp³-hybridized carbons (Fsp3) is 0.375. The molecule has 6 heteroatoms. The lowest BCUT2D eigenvalue weighted by atomic mass is 9.72. The monoisotopic (exact) mass is 514 g/mol. The smallest absolute Gasteiger partial charge is 0.226 e. The third-order valence-electron chi connectivity index (χ3n) is 7.58. The van der Waals surface area contributed by atoms with Gasteiger partial charge in [0.2, 0.25) is 11.8 Å². The molecule has 6 nitrogen and oxygen atoms in total. The molecule has 1 aliphatic rings. The van der Waals surface area contributed by atoms with Crippen LogP contribution < -0.4 is 14.8 Å². The van der Waals surface area contributed by atoms with Crippen molar-refractivity contribution in [2.24, 2.45) is 5.41 Å². The molecule has 0 spiro atoms. The molecule has 0 radical (unpaired) electrons. The van der Waals surface area contributed by atoms with Crippen LogP contribution in [0.3, 0.4) is 0 Å². The van der Waals surface area contributed by atoms with Gasteiger partial charge in [-0.3, -0.25) is 9.59 Å². The number of rotatable bonds is 11. The molecule has 4 rings (SSSR count). The van der Waals surface area contributed by atoms with Gasteiger partial charge in [0.15, 0.2) is 0 Å². The van der Waals surface area contributed by atoms with Gasteiger partial charge in [0, 0.05) is 26.1 Å². The van der Waals surface area contributed by atoms with Crippen LogP contribution in [0.2, 0.25) is 0 Å². The number of methoxy groups -OCH3 is 2. The normalized spacial score (nSPS) is 14.5. The van der Waals surface area contributed by atoms with Crippen LogP contribution in [0.5, 0.6) is 11.5 Å². The van der Waals surface area contributed by atoms with Crippen LogP contribution in [0.15, 0.2) is 78.9 Å². The van der Waals surface area contributed by atoms with Crippen molar-refractivity contribution < 1.29 is 19.1 Å². The van der Waals surface area contributed by atoms with Gasteiger partial charge >= 0.3 is 0 Å². The Labute approximate surface area is 226 Å². The number of nitrogens with zero attached hydrogens (tertiary/aromatic N) is 1. The molecule has 1 aliphatic heterocycles. The summed E-state index contributed by atoms with van der Waals surface area (Å²) in [5, 5.41) is 3.20. The van der Waals surface area contributed by atoms with Gasteiger partial charge in [-0.1, -0.05) is 60.7 Å². The molecule has 2 amide bonds. The molecule has 1 N–H and O–H groups in total. The van der Waals surface area contributed by atoms with Crippen LogP contribution in [0.1, 0.15) is 36.0 Å². The van der Waals surface area contributed by atoms with Crippen molar-refractivity contribution in [3.8, 4) is 11.5 Å². The Morgan fingerprint density at radius 3 is 2.13 bits per heavy atom. The van der Waals surface area contributed by atoms with Gasteiger partial charge in [-0.2, -0.15) is 0 Å². The van der Waals surface area contributed by atoms with Crippen molar-refractivity contribution in [1.29, 1.82) is 0 Å². The van der Waals surface area contributed by atoms with Gasteiger partial charge < -0.3 is 19.7 Å². The van der Waals surface area contributed by atoms with Crippen LogP contribution in [-0.4, -0.2) is 50.6 Å². The van der Waals surface area contributed by atoms with Crippen LogP contribution in [0, 0.1) is 5.41 Å². The van der Waals surface area contributed by atoms with Crippen LogP contribution in [0.25, 0.3) is 0 Å². The number of benzene rings is 3. The van der Waals surface area contributed by atoms with E-state index in [2.05, 4.69) is 29.6 Å². The maximum atomic E-state index is 13.7. The van der Waals surface area contributed by atoms with Crippen LogP contribution >= 0.6 is 0 Å². The van der Waals surface area contributed by atoms with Gasteiger partial charge in [0.25, 0.3) is 0 Å². The van der Waals surface area contributed by atoms with E-state index in [-0.39, 0.29) is 11.8 Å². The fourth-order valence-corrected chi connectivity index (χ4v) is 5.28. The van der Waals surface area contributed by atoms with E-state index in [1.165, 1.54) is 5.56 Å². The Morgan fingerprint density at radius 1 is 0.842 bits per heavy atom. The average Bonchev–Trinajstić information content (AvgIpc) is 2.97. The summed E-state index contributed by atoms with van der Waals surface area (Å²) in [7, 11) is 3.28. The third-order valence-corrected chi connectivity index (χ3v) is 7.58. The maximum Gasteiger partial charge on any atom is 0.226 e. The summed E-state index contributed by atoms with van der Waals surface area (Å²) in [5.74, 6) is 1.76. The standard InChI is InChI=1S/C32H38N2O4/c1-37-28-14-15-29(38-2)27(23-28)17-20-33-31(36)32(24-26-11-7-4-8-12-26)18-21-34(22-19-32)30(35)16-13-25-9-5-3-6-10-25/h3-12,14-15,23H,13,16-22,24H2,1-2H3,(H,33,36). The highest BCUT2D eigenvalue weighted by Crippen LogP contribution is 2.36. The molecule has 1 heterocycles. The minimum Gasteiger partial charge on any atom is -0.497 e. The number of likely N-dealkylation sites (tertiary alicyclic amines) is 1. The Kier molecular flexibility index (Phi) is 9.41. The first kappa shape index (κ1) is 27.2. The zero-order chi connectivity index (χ0) is 26.8. The molecular formula is C32H38N2O4. The maximum absolute atomic E-state index is 13.7.